The number of halogens is 1. The smallest absolute Gasteiger partial charge is 0.328 e. The maximum Gasteiger partial charge on any atom is 0.328 e. The minimum absolute atomic E-state index is 0.0163. The lowest BCUT2D eigenvalue weighted by atomic mass is 10.1. The fraction of sp³-hybridized carbons (Fsp3) is 0.500. The van der Waals surface area contributed by atoms with Crippen molar-refractivity contribution in [1.82, 2.24) is 9.62 Å². The van der Waals surface area contributed by atoms with E-state index in [1.807, 2.05) is 0 Å². The van der Waals surface area contributed by atoms with Gasteiger partial charge in [0.2, 0.25) is 10.0 Å². The summed E-state index contributed by atoms with van der Waals surface area (Å²) in [5.41, 5.74) is -0.0584. The van der Waals surface area contributed by atoms with Gasteiger partial charge in [-0.1, -0.05) is 18.0 Å². The van der Waals surface area contributed by atoms with Crippen LogP contribution in [0.25, 0.3) is 0 Å². The Hall–Kier alpha value is -1.68. The number of aliphatic carboxylic acids is 1. The third-order valence-corrected chi connectivity index (χ3v) is 6.54. The Morgan fingerprint density at radius 2 is 1.85 bits per heavy atom. The van der Waals surface area contributed by atoms with Gasteiger partial charge in [-0.15, -0.1) is 0 Å². The van der Waals surface area contributed by atoms with Gasteiger partial charge < -0.3 is 15.5 Å². The Morgan fingerprint density at radius 1 is 1.23 bits per heavy atom. The van der Waals surface area contributed by atoms with E-state index in [-0.39, 0.29) is 15.5 Å². The van der Waals surface area contributed by atoms with Crippen molar-refractivity contribution in [2.75, 3.05) is 13.1 Å². The van der Waals surface area contributed by atoms with E-state index in [4.69, 9.17) is 16.7 Å². The summed E-state index contributed by atoms with van der Waals surface area (Å²) in [4.78, 5) is 23.2. The van der Waals surface area contributed by atoms with Gasteiger partial charge in [0.15, 0.2) is 6.04 Å². The predicted molar refractivity (Wildman–Crippen MR) is 94.6 cm³/mol. The summed E-state index contributed by atoms with van der Waals surface area (Å²) in [5.74, 6) is -2.21. The Balaban J connectivity index is 2.31. The highest BCUT2D eigenvalue weighted by Crippen LogP contribution is 2.28. The van der Waals surface area contributed by atoms with Gasteiger partial charge in [-0.2, -0.15) is 4.31 Å². The number of benzene rings is 1. The molecular formula is C16H21ClN2O6S. The topological polar surface area (TPSA) is 124 Å². The number of nitrogens with one attached hydrogen (secondary N) is 1. The molecule has 144 valence electrons. The van der Waals surface area contributed by atoms with Crippen LogP contribution < -0.4 is 5.32 Å². The summed E-state index contributed by atoms with van der Waals surface area (Å²) < 4.78 is 26.9. The molecule has 1 amide bonds. The highest BCUT2D eigenvalue weighted by atomic mass is 35.5. The number of amides is 1. The summed E-state index contributed by atoms with van der Waals surface area (Å²) in [5, 5.41) is 20.7. The molecule has 0 unspecified atom stereocenters. The Labute approximate surface area is 156 Å². The first kappa shape index (κ1) is 20.6. The molecule has 0 aromatic heterocycles. The lowest BCUT2D eigenvalue weighted by molar-refractivity contribution is -0.141. The zero-order valence-corrected chi connectivity index (χ0v) is 15.8. The standard InChI is InChI=1S/C16H21ClN2O6S/c1-10(20)14(16(22)23)18-15(21)11-5-6-12(17)13(9-11)26(24,25)19-7-3-2-4-8-19/h5-6,9-10,14,20H,2-4,7-8H2,1H3,(H,18,21)(H,22,23)/t10-,14-/m1/s1. The van der Waals surface area contributed by atoms with Gasteiger partial charge in [0.25, 0.3) is 5.91 Å². The predicted octanol–water partition coefficient (Wildman–Crippen LogP) is 1.08. The molecule has 1 saturated heterocycles. The lowest BCUT2D eigenvalue weighted by Gasteiger charge is -2.26. The number of carboxylic acids is 1. The fourth-order valence-corrected chi connectivity index (χ4v) is 4.72. The van der Waals surface area contributed by atoms with Crippen molar-refractivity contribution in [2.24, 2.45) is 0 Å². The SMILES string of the molecule is C[C@@H](O)[C@@H](NC(=O)c1ccc(Cl)c(S(=O)(=O)N2CCCCC2)c1)C(=O)O. The highest BCUT2D eigenvalue weighted by Gasteiger charge is 2.30. The molecule has 26 heavy (non-hydrogen) atoms. The van der Waals surface area contributed by atoms with E-state index in [0.29, 0.717) is 13.1 Å². The van der Waals surface area contributed by atoms with Crippen LogP contribution in [0.1, 0.15) is 36.5 Å². The normalized spacial score (nSPS) is 18.1. The maximum atomic E-state index is 12.8. The van der Waals surface area contributed by atoms with Crippen LogP contribution in [0.4, 0.5) is 0 Å². The minimum atomic E-state index is -3.85. The van der Waals surface area contributed by atoms with E-state index in [9.17, 15) is 23.1 Å². The van der Waals surface area contributed by atoms with E-state index in [1.165, 1.54) is 23.4 Å². The van der Waals surface area contributed by atoms with E-state index in [2.05, 4.69) is 5.32 Å². The summed E-state index contributed by atoms with van der Waals surface area (Å²) in [6.45, 7) is 2.00. The number of rotatable bonds is 6. The number of aliphatic hydroxyl groups is 1. The van der Waals surface area contributed by atoms with E-state index < -0.39 is 34.0 Å². The van der Waals surface area contributed by atoms with Gasteiger partial charge >= 0.3 is 5.97 Å². The van der Waals surface area contributed by atoms with E-state index in [1.54, 1.807) is 0 Å². The lowest BCUT2D eigenvalue weighted by Crippen LogP contribution is -2.47. The molecule has 1 aliphatic rings. The highest BCUT2D eigenvalue weighted by molar-refractivity contribution is 7.89. The molecule has 0 bridgehead atoms. The molecule has 1 fully saturated rings. The van der Waals surface area contributed by atoms with Crippen LogP contribution >= 0.6 is 11.6 Å². The second-order valence-corrected chi connectivity index (χ2v) is 8.45. The average molecular weight is 405 g/mol. The number of piperidine rings is 1. The first-order valence-electron chi connectivity index (χ1n) is 8.16. The number of aliphatic hydroxyl groups excluding tert-OH is 1. The summed E-state index contributed by atoms with van der Waals surface area (Å²) in [7, 11) is -3.85. The van der Waals surface area contributed by atoms with Gasteiger partial charge in [-0.05, 0) is 38.0 Å². The molecule has 10 heteroatoms. The second kappa shape index (κ2) is 8.34. The van der Waals surface area contributed by atoms with Crippen LogP contribution in [0, 0.1) is 0 Å². The van der Waals surface area contributed by atoms with Crippen LogP contribution in [0.15, 0.2) is 23.1 Å². The fourth-order valence-electron chi connectivity index (χ4n) is 2.70. The van der Waals surface area contributed by atoms with Crippen molar-refractivity contribution >= 4 is 33.5 Å². The Morgan fingerprint density at radius 3 is 2.38 bits per heavy atom. The Bertz CT molecular complexity index is 790. The number of sulfonamides is 1. The van der Waals surface area contributed by atoms with Crippen LogP contribution in [0.5, 0.6) is 0 Å². The van der Waals surface area contributed by atoms with Gasteiger partial charge in [-0.3, -0.25) is 4.79 Å². The summed E-state index contributed by atoms with van der Waals surface area (Å²) >= 11 is 6.04. The van der Waals surface area contributed by atoms with Crippen LogP contribution in [0.3, 0.4) is 0 Å². The van der Waals surface area contributed by atoms with Crippen LogP contribution in [0.2, 0.25) is 5.02 Å². The number of carbonyl (C=O) groups is 2. The molecule has 0 saturated carbocycles. The first-order valence-corrected chi connectivity index (χ1v) is 9.98. The number of hydrogen-bond acceptors (Lipinski definition) is 5. The molecular weight excluding hydrogens is 384 g/mol. The molecule has 1 aromatic carbocycles. The maximum absolute atomic E-state index is 12.8. The monoisotopic (exact) mass is 404 g/mol. The molecule has 1 aliphatic heterocycles. The molecule has 0 spiro atoms. The van der Waals surface area contributed by atoms with Crippen molar-refractivity contribution < 1.29 is 28.2 Å². The largest absolute Gasteiger partial charge is 0.480 e. The number of hydrogen-bond donors (Lipinski definition) is 3. The second-order valence-electron chi connectivity index (χ2n) is 6.14. The van der Waals surface area contributed by atoms with Gasteiger partial charge in [0.1, 0.15) is 4.90 Å². The van der Waals surface area contributed by atoms with Crippen molar-refractivity contribution in [1.29, 1.82) is 0 Å². The Kier molecular flexibility index (Phi) is 6.62. The average Bonchev–Trinajstić information content (AvgIpc) is 2.59. The van der Waals surface area contributed by atoms with Crippen LogP contribution in [-0.4, -0.2) is 60.0 Å². The van der Waals surface area contributed by atoms with Crippen molar-refractivity contribution in [3.05, 3.63) is 28.8 Å². The zero-order valence-electron chi connectivity index (χ0n) is 14.2. The third-order valence-electron chi connectivity index (χ3n) is 4.16. The van der Waals surface area contributed by atoms with Crippen molar-refractivity contribution in [3.8, 4) is 0 Å². The molecule has 0 aliphatic carbocycles. The van der Waals surface area contributed by atoms with Gasteiger partial charge in [0.05, 0.1) is 11.1 Å². The zero-order chi connectivity index (χ0) is 19.5. The number of carbonyl (C=O) groups excluding carboxylic acids is 1. The van der Waals surface area contributed by atoms with E-state index in [0.717, 1.165) is 25.3 Å². The molecule has 2 atom stereocenters. The molecule has 8 nitrogen and oxygen atoms in total. The number of nitrogens with zero attached hydrogens (tertiary/aromatic N) is 1. The molecule has 0 radical (unpaired) electrons. The molecule has 2 rings (SSSR count). The molecule has 1 heterocycles. The summed E-state index contributed by atoms with van der Waals surface area (Å²) in [6.07, 6.45) is 1.15. The first-order chi connectivity index (χ1) is 12.1. The number of carboxylic acid groups (broad SMARTS) is 1. The van der Waals surface area contributed by atoms with E-state index >= 15 is 0 Å². The minimum Gasteiger partial charge on any atom is -0.480 e. The summed E-state index contributed by atoms with van der Waals surface area (Å²) in [6, 6.07) is 2.20. The quantitative estimate of drug-likeness (QED) is 0.651. The van der Waals surface area contributed by atoms with Crippen molar-refractivity contribution in [2.45, 2.75) is 43.2 Å². The van der Waals surface area contributed by atoms with Crippen LogP contribution in [-0.2, 0) is 14.8 Å². The third kappa shape index (κ3) is 4.53. The van der Waals surface area contributed by atoms with Gasteiger partial charge in [-0.25, -0.2) is 13.2 Å². The van der Waals surface area contributed by atoms with Crippen molar-refractivity contribution in [3.63, 3.8) is 0 Å². The van der Waals surface area contributed by atoms with Gasteiger partial charge in [0, 0.05) is 18.7 Å². The molecule has 3 N–H and O–H groups in total. The molecule has 1 aromatic rings.